The van der Waals surface area contributed by atoms with Gasteiger partial charge in [-0.25, -0.2) is 0 Å². The number of unbranched alkanes of at least 4 members (excludes halogenated alkanes) is 2. The van der Waals surface area contributed by atoms with E-state index >= 15 is 0 Å². The molecule has 1 heterocycles. The van der Waals surface area contributed by atoms with Crippen molar-refractivity contribution in [3.05, 3.63) is 0 Å². The summed E-state index contributed by atoms with van der Waals surface area (Å²) >= 11 is 3.46. The van der Waals surface area contributed by atoms with Crippen LogP contribution in [0.5, 0.6) is 0 Å². The van der Waals surface area contributed by atoms with Crippen molar-refractivity contribution < 1.29 is 9.84 Å². The summed E-state index contributed by atoms with van der Waals surface area (Å²) in [6.45, 7) is 4.19. The first kappa shape index (κ1) is 14.4. The minimum absolute atomic E-state index is 0.146. The molecule has 1 rings (SSSR count). The molecule has 4 heteroatoms. The van der Waals surface area contributed by atoms with Gasteiger partial charge in [0.1, 0.15) is 0 Å². The number of nitrogens with zero attached hydrogens (tertiary/aromatic N) is 1. The second-order valence-corrected chi connectivity index (χ2v) is 5.18. The lowest BCUT2D eigenvalue weighted by molar-refractivity contribution is -0.00786. The lowest BCUT2D eigenvalue weighted by Gasteiger charge is -2.31. The van der Waals surface area contributed by atoms with Gasteiger partial charge < -0.3 is 14.7 Å². The smallest absolute Gasteiger partial charge is 0.0701 e. The normalized spacial score (nSPS) is 19.1. The average Bonchev–Trinajstić information content (AvgIpc) is 2.33. The molecule has 3 nitrogen and oxygen atoms in total. The predicted octanol–water partition coefficient (Wildman–Crippen LogP) is 2.02. The third kappa shape index (κ3) is 6.18. The molecule has 0 radical (unpaired) electrons. The number of piperidine rings is 1. The molecular formula is C12H24BrNO2. The Balaban J connectivity index is 1.98. The first-order valence-corrected chi connectivity index (χ1v) is 7.49. The summed E-state index contributed by atoms with van der Waals surface area (Å²) in [6, 6.07) is 0. The van der Waals surface area contributed by atoms with Crippen molar-refractivity contribution in [3.8, 4) is 0 Å². The van der Waals surface area contributed by atoms with E-state index in [9.17, 15) is 0 Å². The molecule has 1 aliphatic heterocycles. The van der Waals surface area contributed by atoms with Gasteiger partial charge in [0.25, 0.3) is 0 Å². The third-order valence-corrected chi connectivity index (χ3v) is 3.65. The van der Waals surface area contributed by atoms with Crippen LogP contribution >= 0.6 is 15.9 Å². The highest BCUT2D eigenvalue weighted by atomic mass is 79.9. The second-order valence-electron chi connectivity index (χ2n) is 4.39. The van der Waals surface area contributed by atoms with Gasteiger partial charge in [0.05, 0.1) is 19.3 Å². The molecule has 0 atom stereocenters. The molecule has 1 fully saturated rings. The Morgan fingerprint density at radius 1 is 1.19 bits per heavy atom. The zero-order chi connectivity index (χ0) is 11.6. The zero-order valence-corrected chi connectivity index (χ0v) is 11.6. The number of aliphatic hydroxyl groups is 1. The lowest BCUT2D eigenvalue weighted by Crippen LogP contribution is -2.37. The number of ether oxygens (including phenoxy) is 1. The number of likely N-dealkylation sites (tertiary alicyclic amines) is 1. The molecule has 0 aromatic rings. The first-order valence-electron chi connectivity index (χ1n) is 6.37. The standard InChI is InChI=1S/C12H24BrNO2/c13-6-2-1-3-7-14-8-4-12(5-9-14)16-11-10-15/h12,15H,1-11H2. The molecule has 1 N–H and O–H groups in total. The first-order chi connectivity index (χ1) is 7.86. The summed E-state index contributed by atoms with van der Waals surface area (Å²) in [4.78, 5) is 2.53. The number of hydrogen-bond donors (Lipinski definition) is 1. The van der Waals surface area contributed by atoms with Gasteiger partial charge in [0.2, 0.25) is 0 Å². The fourth-order valence-electron chi connectivity index (χ4n) is 2.13. The number of halogens is 1. The molecule has 96 valence electrons. The van der Waals surface area contributed by atoms with Crippen molar-refractivity contribution in [2.45, 2.75) is 38.2 Å². The van der Waals surface area contributed by atoms with Crippen molar-refractivity contribution in [3.63, 3.8) is 0 Å². The highest BCUT2D eigenvalue weighted by Crippen LogP contribution is 2.14. The van der Waals surface area contributed by atoms with E-state index in [-0.39, 0.29) is 6.61 Å². The fourth-order valence-corrected chi connectivity index (χ4v) is 2.52. The van der Waals surface area contributed by atoms with Gasteiger partial charge in [-0.2, -0.15) is 0 Å². The highest BCUT2D eigenvalue weighted by molar-refractivity contribution is 9.09. The van der Waals surface area contributed by atoms with Crippen molar-refractivity contribution in [2.24, 2.45) is 0 Å². The summed E-state index contributed by atoms with van der Waals surface area (Å²) < 4.78 is 5.54. The predicted molar refractivity (Wildman–Crippen MR) is 70.1 cm³/mol. The van der Waals surface area contributed by atoms with E-state index in [1.165, 1.54) is 25.8 Å². The number of aliphatic hydroxyl groups excluding tert-OH is 1. The van der Waals surface area contributed by atoms with E-state index in [1.807, 2.05) is 0 Å². The largest absolute Gasteiger partial charge is 0.394 e. The maximum Gasteiger partial charge on any atom is 0.0701 e. The van der Waals surface area contributed by atoms with Crippen LogP contribution in [0.15, 0.2) is 0 Å². The van der Waals surface area contributed by atoms with E-state index in [2.05, 4.69) is 20.8 Å². The van der Waals surface area contributed by atoms with E-state index in [0.29, 0.717) is 12.7 Å². The molecule has 0 amide bonds. The Morgan fingerprint density at radius 3 is 2.56 bits per heavy atom. The fraction of sp³-hybridized carbons (Fsp3) is 1.00. The van der Waals surface area contributed by atoms with Crippen molar-refractivity contribution in [2.75, 3.05) is 38.2 Å². The lowest BCUT2D eigenvalue weighted by atomic mass is 10.1. The molecule has 0 aromatic heterocycles. The Kier molecular flexibility index (Phi) is 8.47. The van der Waals surface area contributed by atoms with Crippen LogP contribution < -0.4 is 0 Å². The summed E-state index contributed by atoms with van der Waals surface area (Å²) in [5.41, 5.74) is 0. The van der Waals surface area contributed by atoms with Crippen LogP contribution in [0.25, 0.3) is 0 Å². The quantitative estimate of drug-likeness (QED) is 0.549. The Hall–Kier alpha value is 0.360. The Labute approximate surface area is 107 Å². The molecule has 0 spiro atoms. The van der Waals surface area contributed by atoms with Gasteiger partial charge >= 0.3 is 0 Å². The summed E-state index contributed by atoms with van der Waals surface area (Å²) in [5, 5.41) is 9.81. The van der Waals surface area contributed by atoms with Crippen LogP contribution in [0.4, 0.5) is 0 Å². The van der Waals surface area contributed by atoms with Crippen molar-refractivity contribution >= 4 is 15.9 Å². The van der Waals surface area contributed by atoms with E-state index in [1.54, 1.807) is 0 Å². The molecule has 16 heavy (non-hydrogen) atoms. The van der Waals surface area contributed by atoms with Gasteiger partial charge in [-0.1, -0.05) is 22.4 Å². The zero-order valence-electron chi connectivity index (χ0n) is 10.0. The minimum atomic E-state index is 0.146. The van der Waals surface area contributed by atoms with Gasteiger partial charge in [-0.3, -0.25) is 0 Å². The molecule has 1 aliphatic rings. The van der Waals surface area contributed by atoms with E-state index in [4.69, 9.17) is 9.84 Å². The third-order valence-electron chi connectivity index (χ3n) is 3.09. The average molecular weight is 294 g/mol. The van der Waals surface area contributed by atoms with Crippen LogP contribution in [0.2, 0.25) is 0 Å². The summed E-state index contributed by atoms with van der Waals surface area (Å²) in [7, 11) is 0. The summed E-state index contributed by atoms with van der Waals surface area (Å²) in [6.07, 6.45) is 6.55. The molecular weight excluding hydrogens is 270 g/mol. The van der Waals surface area contributed by atoms with E-state index < -0.39 is 0 Å². The summed E-state index contributed by atoms with van der Waals surface area (Å²) in [5.74, 6) is 0. The van der Waals surface area contributed by atoms with Crippen molar-refractivity contribution in [1.82, 2.24) is 4.90 Å². The van der Waals surface area contributed by atoms with Gasteiger partial charge in [-0.15, -0.1) is 0 Å². The molecule has 1 saturated heterocycles. The maximum absolute atomic E-state index is 8.68. The molecule has 0 unspecified atom stereocenters. The van der Waals surface area contributed by atoms with Gasteiger partial charge in [0.15, 0.2) is 0 Å². The topological polar surface area (TPSA) is 32.7 Å². The molecule has 0 bridgehead atoms. The van der Waals surface area contributed by atoms with Crippen LogP contribution in [-0.4, -0.2) is 54.3 Å². The number of alkyl halides is 1. The van der Waals surface area contributed by atoms with Gasteiger partial charge in [-0.05, 0) is 32.2 Å². The van der Waals surface area contributed by atoms with Crippen LogP contribution in [0.1, 0.15) is 32.1 Å². The van der Waals surface area contributed by atoms with Crippen LogP contribution in [0.3, 0.4) is 0 Å². The number of hydrogen-bond acceptors (Lipinski definition) is 3. The highest BCUT2D eigenvalue weighted by Gasteiger charge is 2.18. The molecule has 0 aliphatic carbocycles. The van der Waals surface area contributed by atoms with Crippen LogP contribution in [0, 0.1) is 0 Å². The van der Waals surface area contributed by atoms with Gasteiger partial charge in [0, 0.05) is 18.4 Å². The number of rotatable bonds is 8. The molecule has 0 saturated carbocycles. The Bertz CT molecular complexity index is 161. The van der Waals surface area contributed by atoms with Crippen LogP contribution in [-0.2, 0) is 4.74 Å². The van der Waals surface area contributed by atoms with E-state index in [0.717, 1.165) is 31.3 Å². The van der Waals surface area contributed by atoms with Crippen molar-refractivity contribution in [1.29, 1.82) is 0 Å². The Morgan fingerprint density at radius 2 is 1.94 bits per heavy atom. The minimum Gasteiger partial charge on any atom is -0.394 e. The SMILES string of the molecule is OCCOC1CCN(CCCCCBr)CC1. The maximum atomic E-state index is 8.68. The molecule has 0 aromatic carbocycles. The monoisotopic (exact) mass is 293 g/mol. The second kappa shape index (κ2) is 9.40.